The minimum absolute atomic E-state index is 0. The van der Waals surface area contributed by atoms with E-state index in [4.69, 9.17) is 0 Å². The molecule has 0 fully saturated rings. The van der Waals surface area contributed by atoms with Crippen molar-refractivity contribution >= 4 is 3.26 Å². The van der Waals surface area contributed by atoms with Gasteiger partial charge in [-0.1, -0.05) is 86.7 Å². The molecule has 6 rings (SSSR count). The third-order valence-electron chi connectivity index (χ3n) is 7.33. The van der Waals surface area contributed by atoms with Gasteiger partial charge in [-0.3, -0.25) is 0 Å². The van der Waals surface area contributed by atoms with Crippen LogP contribution >= 0.6 is 0 Å². The predicted molar refractivity (Wildman–Crippen MR) is 169 cm³/mol. The fourth-order valence-electron chi connectivity index (χ4n) is 5.34. The van der Waals surface area contributed by atoms with Gasteiger partial charge in [0.2, 0.25) is 0 Å². The standard InChI is InChI=1S/2C18H17.C3H6.2ClH.Hf/c2*1-2-14-12-16-10-6-7-11-17(18(16)13-14)15-8-4-3-5-9-15;1-3-2;;;/h2*3-10,13,17H,2,11H2,1H3;1-2H3;2*1H;/q2*-1;;;;+2/p-2. The van der Waals surface area contributed by atoms with Crippen LogP contribution in [0.2, 0.25) is 0 Å². The van der Waals surface area contributed by atoms with E-state index in [2.05, 4.69) is 149 Å². The molecule has 0 saturated heterocycles. The van der Waals surface area contributed by atoms with Crippen LogP contribution in [0.4, 0.5) is 0 Å². The normalized spacial score (nSPS) is 19.4. The van der Waals surface area contributed by atoms with Crippen molar-refractivity contribution in [2.45, 2.75) is 65.2 Å². The van der Waals surface area contributed by atoms with Crippen molar-refractivity contribution in [3.05, 3.63) is 166 Å². The SMILES string of the molecule is CCC1=[C-]C2=CC=CCC(c3ccccc3)C2=C1.CCC1=[C-]C2=CC=CCC(c3ccccc3)C2=C1.C[C](C)=[Hf+2].[Cl-].[Cl-]. The molecule has 4 aliphatic rings. The van der Waals surface area contributed by atoms with Gasteiger partial charge in [-0.05, 0) is 48.6 Å². The molecule has 4 aliphatic carbocycles. The first kappa shape index (κ1) is 35.9. The molecule has 3 heteroatoms. The summed E-state index contributed by atoms with van der Waals surface area (Å²) in [6.45, 7) is 8.68. The van der Waals surface area contributed by atoms with Gasteiger partial charge in [-0.2, -0.15) is 34.4 Å². The summed E-state index contributed by atoms with van der Waals surface area (Å²) < 4.78 is 1.56. The molecule has 0 N–H and O–H groups in total. The minimum atomic E-state index is 0. The van der Waals surface area contributed by atoms with E-state index < -0.39 is 0 Å². The number of benzene rings is 2. The van der Waals surface area contributed by atoms with Gasteiger partial charge in [0.15, 0.2) is 0 Å². The fraction of sp³-hybridized carbons (Fsp3) is 0.256. The summed E-state index contributed by atoms with van der Waals surface area (Å²) in [5.41, 5.74) is 10.9. The van der Waals surface area contributed by atoms with Crippen LogP contribution in [0.1, 0.15) is 76.3 Å². The average Bonchev–Trinajstić information content (AvgIpc) is 3.45. The second-order valence-corrected chi connectivity index (χ2v) is 14.2. The van der Waals surface area contributed by atoms with Gasteiger partial charge in [-0.25, -0.2) is 0 Å². The van der Waals surface area contributed by atoms with E-state index in [9.17, 15) is 0 Å². The molecule has 216 valence electrons. The van der Waals surface area contributed by atoms with Crippen molar-refractivity contribution in [2.24, 2.45) is 0 Å². The zero-order valence-electron chi connectivity index (χ0n) is 25.1. The molecule has 0 radical (unpaired) electrons. The van der Waals surface area contributed by atoms with Crippen LogP contribution in [0.15, 0.2) is 143 Å². The van der Waals surface area contributed by atoms with Gasteiger partial charge in [0.05, 0.1) is 0 Å². The molecule has 42 heavy (non-hydrogen) atoms. The summed E-state index contributed by atoms with van der Waals surface area (Å²) in [5, 5.41) is 0. The number of hydrogen-bond acceptors (Lipinski definition) is 0. The summed E-state index contributed by atoms with van der Waals surface area (Å²) in [6.07, 6.45) is 29.2. The number of hydrogen-bond donors (Lipinski definition) is 0. The van der Waals surface area contributed by atoms with E-state index in [1.165, 1.54) is 68.5 Å². The first-order valence-electron chi connectivity index (χ1n) is 14.5. The summed E-state index contributed by atoms with van der Waals surface area (Å²) in [4.78, 5) is 0. The van der Waals surface area contributed by atoms with E-state index in [0.717, 1.165) is 25.7 Å². The molecule has 0 bridgehead atoms. The summed E-state index contributed by atoms with van der Waals surface area (Å²) in [5.74, 6) is 0.959. The Morgan fingerprint density at radius 3 is 1.36 bits per heavy atom. The number of allylic oxidation sites excluding steroid dienone is 16. The van der Waals surface area contributed by atoms with Crippen molar-refractivity contribution in [3.63, 3.8) is 0 Å². The van der Waals surface area contributed by atoms with Gasteiger partial charge in [-0.15, -0.1) is 47.6 Å². The smallest absolute Gasteiger partial charge is 1.00 e. The van der Waals surface area contributed by atoms with Crippen molar-refractivity contribution in [1.82, 2.24) is 0 Å². The fourth-order valence-corrected chi connectivity index (χ4v) is 5.34. The molecule has 2 unspecified atom stereocenters. The Bertz CT molecular complexity index is 1320. The van der Waals surface area contributed by atoms with Crippen LogP contribution in [0.25, 0.3) is 0 Å². The molecular weight excluding hydrogens is 718 g/mol. The van der Waals surface area contributed by atoms with E-state index in [-0.39, 0.29) is 24.8 Å². The average molecular weight is 758 g/mol. The molecule has 0 amide bonds. The summed E-state index contributed by atoms with van der Waals surface area (Å²) in [6, 6.07) is 21.6. The Labute approximate surface area is 281 Å². The van der Waals surface area contributed by atoms with E-state index in [1.807, 2.05) is 0 Å². The molecule has 0 heterocycles. The van der Waals surface area contributed by atoms with E-state index in [0.29, 0.717) is 11.8 Å². The second-order valence-electron chi connectivity index (χ2n) is 10.6. The van der Waals surface area contributed by atoms with Crippen LogP contribution in [0.5, 0.6) is 0 Å². The molecule has 2 aromatic rings. The number of halogens is 2. The Morgan fingerprint density at radius 2 is 1.02 bits per heavy atom. The Morgan fingerprint density at radius 1 is 0.667 bits per heavy atom. The summed E-state index contributed by atoms with van der Waals surface area (Å²) >= 11 is 1.27. The third kappa shape index (κ3) is 9.87. The zero-order valence-corrected chi connectivity index (χ0v) is 30.2. The number of fused-ring (bicyclic) bond motifs is 2. The molecule has 0 aromatic heterocycles. The Balaban J connectivity index is 0.000000250. The van der Waals surface area contributed by atoms with Crippen LogP contribution in [-0.2, 0) is 23.9 Å². The van der Waals surface area contributed by atoms with E-state index >= 15 is 0 Å². The first-order chi connectivity index (χ1) is 19.5. The van der Waals surface area contributed by atoms with Gasteiger partial charge >= 0.3 is 41.0 Å². The Hall–Kier alpha value is -2.32. The summed E-state index contributed by atoms with van der Waals surface area (Å²) in [7, 11) is 0. The monoisotopic (exact) mass is 758 g/mol. The van der Waals surface area contributed by atoms with Crippen molar-refractivity contribution in [2.75, 3.05) is 0 Å². The maximum atomic E-state index is 3.52. The van der Waals surface area contributed by atoms with Crippen molar-refractivity contribution < 1.29 is 48.7 Å². The third-order valence-corrected chi connectivity index (χ3v) is 7.33. The predicted octanol–water partition coefficient (Wildman–Crippen LogP) is 4.23. The first-order valence-corrected chi connectivity index (χ1v) is 16.3. The van der Waals surface area contributed by atoms with Crippen LogP contribution in [-0.4, -0.2) is 3.26 Å². The van der Waals surface area contributed by atoms with E-state index in [1.54, 1.807) is 3.26 Å². The minimum Gasteiger partial charge on any atom is -1.00 e. The molecule has 2 atom stereocenters. The maximum absolute atomic E-state index is 3.52. The van der Waals surface area contributed by atoms with Gasteiger partial charge in [0, 0.05) is 0 Å². The van der Waals surface area contributed by atoms with Gasteiger partial charge < -0.3 is 24.8 Å². The molecule has 0 nitrogen and oxygen atoms in total. The largest absolute Gasteiger partial charge is 1.00 e. The maximum Gasteiger partial charge on any atom is -1.00 e. The molecular formula is C39H40Cl2Hf-2. The zero-order chi connectivity index (χ0) is 28.3. The molecule has 0 saturated carbocycles. The second kappa shape index (κ2) is 18.4. The molecule has 0 aliphatic heterocycles. The number of rotatable bonds is 4. The Kier molecular flexibility index (Phi) is 15.7. The van der Waals surface area contributed by atoms with Gasteiger partial charge in [0.25, 0.3) is 0 Å². The quantitative estimate of drug-likeness (QED) is 0.324. The van der Waals surface area contributed by atoms with Crippen molar-refractivity contribution in [1.29, 1.82) is 0 Å². The topological polar surface area (TPSA) is 0 Å². The van der Waals surface area contributed by atoms with Gasteiger partial charge in [0.1, 0.15) is 0 Å². The van der Waals surface area contributed by atoms with Crippen molar-refractivity contribution in [3.8, 4) is 0 Å². The molecule has 2 aromatic carbocycles. The van der Waals surface area contributed by atoms with Crippen LogP contribution < -0.4 is 24.8 Å². The molecule has 0 spiro atoms. The van der Waals surface area contributed by atoms with Crippen LogP contribution in [0, 0.1) is 12.2 Å². The van der Waals surface area contributed by atoms with Crippen LogP contribution in [0.3, 0.4) is 0 Å².